The fourth-order valence-electron chi connectivity index (χ4n) is 1.53. The number of hydrogen-bond donors (Lipinski definition) is 0. The van der Waals surface area contributed by atoms with Crippen LogP contribution in [0.1, 0.15) is 22.3 Å². The number of halogens is 2. The highest BCUT2D eigenvalue weighted by molar-refractivity contribution is 9.10. The predicted octanol–water partition coefficient (Wildman–Crippen LogP) is 4.87. The molecule has 1 heterocycles. The SMILES string of the molecule is Cc1ccc(CC(Cl)c2ccc(Br)o2)cc1. The second-order valence-corrected chi connectivity index (χ2v) is 5.11. The van der Waals surface area contributed by atoms with Gasteiger partial charge in [-0.15, -0.1) is 11.6 Å². The van der Waals surface area contributed by atoms with Crippen molar-refractivity contribution in [1.82, 2.24) is 0 Å². The normalized spacial score (nSPS) is 12.7. The Kier molecular flexibility index (Phi) is 3.72. The van der Waals surface area contributed by atoms with Crippen molar-refractivity contribution >= 4 is 27.5 Å². The van der Waals surface area contributed by atoms with E-state index >= 15 is 0 Å². The molecular weight excluding hydrogens is 287 g/mol. The largest absolute Gasteiger partial charge is 0.453 e. The Bertz CT molecular complexity index is 461. The van der Waals surface area contributed by atoms with Crippen LogP contribution in [0.25, 0.3) is 0 Å². The van der Waals surface area contributed by atoms with E-state index in [1.807, 2.05) is 12.1 Å². The molecule has 3 heteroatoms. The minimum absolute atomic E-state index is 0.117. The van der Waals surface area contributed by atoms with Gasteiger partial charge in [-0.3, -0.25) is 0 Å². The summed E-state index contributed by atoms with van der Waals surface area (Å²) in [5.41, 5.74) is 2.48. The standard InChI is InChI=1S/C13H12BrClO/c1-9-2-4-10(5-3-9)8-11(15)12-6-7-13(14)16-12/h2-7,11H,8H2,1H3. The summed E-state index contributed by atoms with van der Waals surface area (Å²) in [7, 11) is 0. The zero-order chi connectivity index (χ0) is 11.5. The van der Waals surface area contributed by atoms with Gasteiger partial charge < -0.3 is 4.42 Å². The molecule has 0 fully saturated rings. The maximum Gasteiger partial charge on any atom is 0.169 e. The highest BCUT2D eigenvalue weighted by Gasteiger charge is 2.12. The molecule has 2 aromatic rings. The summed E-state index contributed by atoms with van der Waals surface area (Å²) < 4.78 is 6.15. The minimum Gasteiger partial charge on any atom is -0.453 e. The number of furan rings is 1. The van der Waals surface area contributed by atoms with Crippen molar-refractivity contribution < 1.29 is 4.42 Å². The van der Waals surface area contributed by atoms with Crippen LogP contribution in [0, 0.1) is 6.92 Å². The summed E-state index contributed by atoms with van der Waals surface area (Å²) in [5.74, 6) is 0.800. The molecule has 0 aliphatic rings. The zero-order valence-electron chi connectivity index (χ0n) is 8.91. The summed E-state index contributed by atoms with van der Waals surface area (Å²) in [4.78, 5) is 0. The Hall–Kier alpha value is -0.730. The molecule has 16 heavy (non-hydrogen) atoms. The van der Waals surface area contributed by atoms with E-state index in [4.69, 9.17) is 16.0 Å². The highest BCUT2D eigenvalue weighted by atomic mass is 79.9. The van der Waals surface area contributed by atoms with Crippen molar-refractivity contribution in [1.29, 1.82) is 0 Å². The molecule has 1 nitrogen and oxygen atoms in total. The Morgan fingerprint density at radius 2 is 1.88 bits per heavy atom. The van der Waals surface area contributed by atoms with Gasteiger partial charge in [-0.25, -0.2) is 0 Å². The quantitative estimate of drug-likeness (QED) is 0.737. The lowest BCUT2D eigenvalue weighted by Crippen LogP contribution is -1.94. The monoisotopic (exact) mass is 298 g/mol. The maximum absolute atomic E-state index is 6.28. The third-order valence-electron chi connectivity index (χ3n) is 2.44. The van der Waals surface area contributed by atoms with Gasteiger partial charge in [-0.2, -0.15) is 0 Å². The smallest absolute Gasteiger partial charge is 0.169 e. The Morgan fingerprint density at radius 1 is 1.19 bits per heavy atom. The van der Waals surface area contributed by atoms with Gasteiger partial charge >= 0.3 is 0 Å². The van der Waals surface area contributed by atoms with Gasteiger partial charge in [0, 0.05) is 0 Å². The van der Waals surface area contributed by atoms with Crippen LogP contribution in [0.5, 0.6) is 0 Å². The van der Waals surface area contributed by atoms with Gasteiger partial charge in [0.05, 0.1) is 5.38 Å². The number of benzene rings is 1. The first-order valence-electron chi connectivity index (χ1n) is 5.10. The van der Waals surface area contributed by atoms with Gasteiger partial charge in [0.2, 0.25) is 0 Å². The van der Waals surface area contributed by atoms with Crippen LogP contribution in [-0.4, -0.2) is 0 Å². The Labute approximate surface area is 109 Å². The van der Waals surface area contributed by atoms with Gasteiger partial charge in [0.15, 0.2) is 4.67 Å². The van der Waals surface area contributed by atoms with Crippen molar-refractivity contribution in [3.63, 3.8) is 0 Å². The highest BCUT2D eigenvalue weighted by Crippen LogP contribution is 2.28. The van der Waals surface area contributed by atoms with Crippen LogP contribution < -0.4 is 0 Å². The molecule has 0 aliphatic heterocycles. The molecule has 0 N–H and O–H groups in total. The molecule has 84 valence electrons. The predicted molar refractivity (Wildman–Crippen MR) is 69.9 cm³/mol. The molecule has 0 spiro atoms. The molecule has 1 atom stereocenters. The first-order valence-corrected chi connectivity index (χ1v) is 6.33. The lowest BCUT2D eigenvalue weighted by molar-refractivity contribution is 0.481. The number of aryl methyl sites for hydroxylation is 1. The summed E-state index contributed by atoms with van der Waals surface area (Å²) in [6.45, 7) is 2.07. The summed E-state index contributed by atoms with van der Waals surface area (Å²) in [6, 6.07) is 12.1. The first kappa shape index (κ1) is 11.7. The third-order valence-corrected chi connectivity index (χ3v) is 3.23. The van der Waals surface area contributed by atoms with E-state index < -0.39 is 0 Å². The van der Waals surface area contributed by atoms with E-state index in [-0.39, 0.29) is 5.38 Å². The number of hydrogen-bond acceptors (Lipinski definition) is 1. The first-order chi connectivity index (χ1) is 7.65. The van der Waals surface area contributed by atoms with E-state index in [0.717, 1.165) is 16.9 Å². The van der Waals surface area contributed by atoms with Crippen LogP contribution in [-0.2, 0) is 6.42 Å². The lowest BCUT2D eigenvalue weighted by atomic mass is 10.1. The van der Waals surface area contributed by atoms with Crippen molar-refractivity contribution in [3.8, 4) is 0 Å². The lowest BCUT2D eigenvalue weighted by Gasteiger charge is -2.06. The second kappa shape index (κ2) is 5.07. The molecule has 0 saturated heterocycles. The van der Waals surface area contributed by atoms with Gasteiger partial charge in [-0.05, 0) is 47.0 Å². The zero-order valence-corrected chi connectivity index (χ0v) is 11.3. The third kappa shape index (κ3) is 2.89. The number of alkyl halides is 1. The van der Waals surface area contributed by atoms with Crippen LogP contribution >= 0.6 is 27.5 Å². The van der Waals surface area contributed by atoms with E-state index in [9.17, 15) is 0 Å². The molecule has 1 aromatic carbocycles. The number of rotatable bonds is 3. The average molecular weight is 300 g/mol. The molecule has 1 unspecified atom stereocenters. The molecule has 0 amide bonds. The van der Waals surface area contributed by atoms with E-state index in [0.29, 0.717) is 0 Å². The Morgan fingerprint density at radius 3 is 2.44 bits per heavy atom. The second-order valence-electron chi connectivity index (χ2n) is 3.80. The molecule has 0 saturated carbocycles. The van der Waals surface area contributed by atoms with Crippen molar-refractivity contribution in [3.05, 3.63) is 58.0 Å². The Balaban J connectivity index is 2.07. The maximum atomic E-state index is 6.28. The van der Waals surface area contributed by atoms with Crippen molar-refractivity contribution in [2.45, 2.75) is 18.7 Å². The molecule has 1 aromatic heterocycles. The van der Waals surface area contributed by atoms with Gasteiger partial charge in [-0.1, -0.05) is 29.8 Å². The molecular formula is C13H12BrClO. The van der Waals surface area contributed by atoms with Crippen LogP contribution in [0.3, 0.4) is 0 Å². The fraction of sp³-hybridized carbons (Fsp3) is 0.231. The summed E-state index contributed by atoms with van der Waals surface area (Å²) in [5, 5.41) is -0.117. The summed E-state index contributed by atoms with van der Waals surface area (Å²) in [6.07, 6.45) is 0.780. The molecule has 0 radical (unpaired) electrons. The van der Waals surface area contributed by atoms with Crippen molar-refractivity contribution in [2.24, 2.45) is 0 Å². The fourth-order valence-corrected chi connectivity index (χ4v) is 2.14. The van der Waals surface area contributed by atoms with Gasteiger partial charge in [0.25, 0.3) is 0 Å². The molecule has 0 bridgehead atoms. The van der Waals surface area contributed by atoms with Gasteiger partial charge in [0.1, 0.15) is 5.76 Å². The van der Waals surface area contributed by atoms with E-state index in [2.05, 4.69) is 47.1 Å². The molecule has 0 aliphatic carbocycles. The summed E-state index contributed by atoms with van der Waals surface area (Å²) >= 11 is 9.55. The average Bonchev–Trinajstić information content (AvgIpc) is 2.68. The minimum atomic E-state index is -0.117. The van der Waals surface area contributed by atoms with Crippen LogP contribution in [0.15, 0.2) is 45.5 Å². The van der Waals surface area contributed by atoms with Crippen LogP contribution in [0.2, 0.25) is 0 Å². The van der Waals surface area contributed by atoms with Crippen molar-refractivity contribution in [2.75, 3.05) is 0 Å². The topological polar surface area (TPSA) is 13.1 Å². The van der Waals surface area contributed by atoms with Crippen LogP contribution in [0.4, 0.5) is 0 Å². The van der Waals surface area contributed by atoms with E-state index in [1.165, 1.54) is 11.1 Å². The van der Waals surface area contributed by atoms with E-state index in [1.54, 1.807) is 0 Å². The molecule has 2 rings (SSSR count).